The summed E-state index contributed by atoms with van der Waals surface area (Å²) in [7, 11) is 1.40. The number of hydrogen-bond donors (Lipinski definition) is 0. The summed E-state index contributed by atoms with van der Waals surface area (Å²) in [6.45, 7) is 1.19. The van der Waals surface area contributed by atoms with Gasteiger partial charge in [0.1, 0.15) is 0 Å². The van der Waals surface area contributed by atoms with E-state index in [0.29, 0.717) is 25.9 Å². The number of piperidine rings is 1. The Hall–Kier alpha value is -1.62. The molecule has 0 aliphatic carbocycles. The van der Waals surface area contributed by atoms with Gasteiger partial charge in [-0.2, -0.15) is 0 Å². The summed E-state index contributed by atoms with van der Waals surface area (Å²) in [6, 6.07) is 7.74. The van der Waals surface area contributed by atoms with Gasteiger partial charge in [0.25, 0.3) is 0 Å². The number of methoxy groups -OCH3 is 1. The first-order valence-corrected chi connectivity index (χ1v) is 7.70. The number of ether oxygens (including phenoxy) is 1. The zero-order valence-corrected chi connectivity index (χ0v) is 13.5. The third-order valence-corrected chi connectivity index (χ3v) is 4.37. The molecule has 2 rings (SSSR count). The van der Waals surface area contributed by atoms with E-state index in [4.69, 9.17) is 4.74 Å². The topological polar surface area (TPSA) is 46.6 Å². The number of carbonyl (C=O) groups excluding carboxylic acids is 2. The molecule has 1 fully saturated rings. The smallest absolute Gasteiger partial charge is 0.308 e. The van der Waals surface area contributed by atoms with Crippen molar-refractivity contribution in [3.63, 3.8) is 0 Å². The maximum atomic E-state index is 12.1. The SMILES string of the molecule is COC(=O)C1CCN(C(=O)/C=C/c2ccccc2Br)CC1. The summed E-state index contributed by atoms with van der Waals surface area (Å²) in [5.41, 5.74) is 0.968. The van der Waals surface area contributed by atoms with E-state index in [1.807, 2.05) is 24.3 Å². The highest BCUT2D eigenvalue weighted by molar-refractivity contribution is 9.10. The maximum absolute atomic E-state index is 12.1. The monoisotopic (exact) mass is 351 g/mol. The standard InChI is InChI=1S/C16H18BrNO3/c1-21-16(20)13-8-10-18(11-9-13)15(19)7-6-12-4-2-3-5-14(12)17/h2-7,13H,8-11H2,1H3/b7-6+. The van der Waals surface area contributed by atoms with Crippen molar-refractivity contribution in [1.29, 1.82) is 0 Å². The largest absolute Gasteiger partial charge is 0.469 e. The molecule has 1 amide bonds. The van der Waals surface area contributed by atoms with Gasteiger partial charge < -0.3 is 9.64 Å². The number of benzene rings is 1. The number of nitrogens with zero attached hydrogens (tertiary/aromatic N) is 1. The van der Waals surface area contributed by atoms with Crippen molar-refractivity contribution in [1.82, 2.24) is 4.90 Å². The van der Waals surface area contributed by atoms with Crippen LogP contribution in [0.4, 0.5) is 0 Å². The summed E-state index contributed by atoms with van der Waals surface area (Å²) in [6.07, 6.45) is 4.72. The quantitative estimate of drug-likeness (QED) is 0.621. The lowest BCUT2D eigenvalue weighted by Crippen LogP contribution is -2.39. The number of esters is 1. The second kappa shape index (κ2) is 7.41. The van der Waals surface area contributed by atoms with Gasteiger partial charge >= 0.3 is 5.97 Å². The highest BCUT2D eigenvalue weighted by Crippen LogP contribution is 2.20. The zero-order valence-electron chi connectivity index (χ0n) is 11.9. The van der Waals surface area contributed by atoms with Crippen molar-refractivity contribution in [2.75, 3.05) is 20.2 Å². The van der Waals surface area contributed by atoms with E-state index in [2.05, 4.69) is 15.9 Å². The Kier molecular flexibility index (Phi) is 5.56. The van der Waals surface area contributed by atoms with Gasteiger partial charge in [0, 0.05) is 23.6 Å². The first kappa shape index (κ1) is 15.8. The first-order chi connectivity index (χ1) is 10.1. The van der Waals surface area contributed by atoms with E-state index in [9.17, 15) is 9.59 Å². The summed E-state index contributed by atoms with van der Waals surface area (Å²) >= 11 is 3.45. The third kappa shape index (κ3) is 4.17. The molecule has 0 N–H and O–H groups in total. The molecule has 1 aliphatic heterocycles. The van der Waals surface area contributed by atoms with Gasteiger partial charge in [-0.3, -0.25) is 9.59 Å². The van der Waals surface area contributed by atoms with Crippen LogP contribution in [0.3, 0.4) is 0 Å². The van der Waals surface area contributed by atoms with E-state index >= 15 is 0 Å². The number of carbonyl (C=O) groups is 2. The van der Waals surface area contributed by atoms with Crippen LogP contribution in [0.15, 0.2) is 34.8 Å². The number of hydrogen-bond acceptors (Lipinski definition) is 3. The van der Waals surface area contributed by atoms with Crippen LogP contribution < -0.4 is 0 Å². The Labute approximate surface area is 132 Å². The Morgan fingerprint density at radius 1 is 1.29 bits per heavy atom. The van der Waals surface area contributed by atoms with Gasteiger partial charge in [-0.25, -0.2) is 0 Å². The molecule has 1 saturated heterocycles. The molecule has 1 aromatic rings. The van der Waals surface area contributed by atoms with E-state index in [-0.39, 0.29) is 17.8 Å². The molecule has 1 aliphatic rings. The minimum atomic E-state index is -0.175. The molecule has 21 heavy (non-hydrogen) atoms. The molecule has 5 heteroatoms. The molecule has 0 spiro atoms. The molecular formula is C16H18BrNO3. The Morgan fingerprint density at radius 2 is 1.95 bits per heavy atom. The van der Waals surface area contributed by atoms with Crippen LogP contribution in [0, 0.1) is 5.92 Å². The predicted molar refractivity (Wildman–Crippen MR) is 84.5 cm³/mol. The highest BCUT2D eigenvalue weighted by Gasteiger charge is 2.26. The molecule has 1 aromatic carbocycles. The minimum absolute atomic E-state index is 0.0194. The van der Waals surface area contributed by atoms with Crippen LogP contribution in [0.5, 0.6) is 0 Å². The van der Waals surface area contributed by atoms with Crippen molar-refractivity contribution in [3.05, 3.63) is 40.4 Å². The van der Waals surface area contributed by atoms with Crippen LogP contribution in [0.25, 0.3) is 6.08 Å². The van der Waals surface area contributed by atoms with Gasteiger partial charge in [-0.15, -0.1) is 0 Å². The average Bonchev–Trinajstić information content (AvgIpc) is 2.53. The molecule has 0 radical (unpaired) electrons. The van der Waals surface area contributed by atoms with Crippen molar-refractivity contribution in [2.24, 2.45) is 5.92 Å². The Bertz CT molecular complexity index is 548. The van der Waals surface area contributed by atoms with E-state index in [1.165, 1.54) is 7.11 Å². The maximum Gasteiger partial charge on any atom is 0.308 e. The lowest BCUT2D eigenvalue weighted by Gasteiger charge is -2.29. The molecular weight excluding hydrogens is 334 g/mol. The van der Waals surface area contributed by atoms with Crippen LogP contribution in [-0.2, 0) is 14.3 Å². The number of rotatable bonds is 3. The normalized spacial score (nSPS) is 16.2. The second-order valence-electron chi connectivity index (χ2n) is 4.98. The minimum Gasteiger partial charge on any atom is -0.469 e. The molecule has 4 nitrogen and oxygen atoms in total. The third-order valence-electron chi connectivity index (χ3n) is 3.65. The van der Waals surface area contributed by atoms with Crippen molar-refractivity contribution >= 4 is 33.9 Å². The fraction of sp³-hybridized carbons (Fsp3) is 0.375. The average molecular weight is 352 g/mol. The number of halogens is 1. The predicted octanol–water partition coefficient (Wildman–Crippen LogP) is 2.87. The van der Waals surface area contributed by atoms with Crippen LogP contribution in [0.2, 0.25) is 0 Å². The highest BCUT2D eigenvalue weighted by atomic mass is 79.9. The van der Waals surface area contributed by atoms with Crippen molar-refractivity contribution in [2.45, 2.75) is 12.8 Å². The zero-order chi connectivity index (χ0) is 15.2. The van der Waals surface area contributed by atoms with Crippen LogP contribution in [-0.4, -0.2) is 37.0 Å². The van der Waals surface area contributed by atoms with Gasteiger partial charge in [0.05, 0.1) is 13.0 Å². The van der Waals surface area contributed by atoms with E-state index < -0.39 is 0 Å². The molecule has 0 bridgehead atoms. The Morgan fingerprint density at radius 3 is 2.57 bits per heavy atom. The molecule has 0 saturated carbocycles. The Balaban J connectivity index is 1.91. The molecule has 112 valence electrons. The van der Waals surface area contributed by atoms with Gasteiger partial charge in [0.15, 0.2) is 0 Å². The first-order valence-electron chi connectivity index (χ1n) is 6.91. The van der Waals surface area contributed by atoms with Crippen molar-refractivity contribution < 1.29 is 14.3 Å². The summed E-state index contributed by atoms with van der Waals surface area (Å²) < 4.78 is 5.70. The van der Waals surface area contributed by atoms with Crippen LogP contribution in [0.1, 0.15) is 18.4 Å². The molecule has 0 aromatic heterocycles. The number of likely N-dealkylation sites (tertiary alicyclic amines) is 1. The van der Waals surface area contributed by atoms with Gasteiger partial charge in [0.2, 0.25) is 5.91 Å². The fourth-order valence-corrected chi connectivity index (χ4v) is 2.80. The molecule has 0 atom stereocenters. The summed E-state index contributed by atoms with van der Waals surface area (Å²) in [5, 5.41) is 0. The molecule has 0 unspecified atom stereocenters. The van der Waals surface area contributed by atoms with Crippen LogP contribution >= 0.6 is 15.9 Å². The van der Waals surface area contributed by atoms with E-state index in [0.717, 1.165) is 10.0 Å². The lowest BCUT2D eigenvalue weighted by molar-refractivity contribution is -0.148. The lowest BCUT2D eigenvalue weighted by atomic mass is 9.97. The summed E-state index contributed by atoms with van der Waals surface area (Å²) in [5.74, 6) is -0.272. The van der Waals surface area contributed by atoms with Crippen molar-refractivity contribution in [3.8, 4) is 0 Å². The molecule has 1 heterocycles. The van der Waals surface area contributed by atoms with E-state index in [1.54, 1.807) is 17.1 Å². The van der Waals surface area contributed by atoms with Gasteiger partial charge in [-0.1, -0.05) is 34.1 Å². The summed E-state index contributed by atoms with van der Waals surface area (Å²) in [4.78, 5) is 25.4. The number of amides is 1. The fourth-order valence-electron chi connectivity index (χ4n) is 2.38. The second-order valence-corrected chi connectivity index (χ2v) is 5.83. The van der Waals surface area contributed by atoms with Gasteiger partial charge in [-0.05, 0) is 30.5 Å².